The van der Waals surface area contributed by atoms with Gasteiger partial charge in [-0.15, -0.1) is 24.0 Å². The summed E-state index contributed by atoms with van der Waals surface area (Å²) in [5.74, 6) is 0.819. The molecule has 0 saturated carbocycles. The van der Waals surface area contributed by atoms with Crippen LogP contribution in [0.2, 0.25) is 0 Å². The minimum atomic E-state index is -0.495. The molecule has 2 heterocycles. The van der Waals surface area contributed by atoms with E-state index in [4.69, 9.17) is 4.74 Å². The summed E-state index contributed by atoms with van der Waals surface area (Å²) in [4.78, 5) is 18.5. The fourth-order valence-electron chi connectivity index (χ4n) is 3.41. The second-order valence-electron chi connectivity index (χ2n) is 8.51. The van der Waals surface area contributed by atoms with Gasteiger partial charge in [-0.2, -0.15) is 5.10 Å². The Bertz CT molecular complexity index is 862. The molecule has 0 radical (unpaired) electrons. The van der Waals surface area contributed by atoms with Crippen molar-refractivity contribution >= 4 is 36.0 Å². The summed E-state index contributed by atoms with van der Waals surface area (Å²) in [5, 5.41) is 10.8. The molecule has 2 aromatic rings. The molecular formula is C22H33IN6O2. The second-order valence-corrected chi connectivity index (χ2v) is 8.51. The standard InChI is InChI=1S/C22H32N6O2.HI/c1-22(2,3)30-21(29)26-19-10-11-27(16-19)20(23-4)24-12-18-13-25-28(15-18)14-17-8-6-5-7-9-17;/h5-9,13,15,19H,10-12,14,16H2,1-4H3,(H,23,24)(H,26,29);1H. The third-order valence-electron chi connectivity index (χ3n) is 4.75. The van der Waals surface area contributed by atoms with Crippen LogP contribution in [0.1, 0.15) is 38.3 Å². The first-order valence-electron chi connectivity index (χ1n) is 10.3. The molecule has 9 heteroatoms. The third kappa shape index (κ3) is 8.04. The van der Waals surface area contributed by atoms with Crippen LogP contribution in [-0.4, -0.2) is 58.5 Å². The van der Waals surface area contributed by atoms with E-state index in [0.717, 1.165) is 31.0 Å². The second kappa shape index (κ2) is 11.4. The van der Waals surface area contributed by atoms with E-state index in [1.165, 1.54) is 5.56 Å². The summed E-state index contributed by atoms with van der Waals surface area (Å²) in [6.45, 7) is 8.51. The highest BCUT2D eigenvalue weighted by Crippen LogP contribution is 2.12. The Labute approximate surface area is 201 Å². The SMILES string of the molecule is CN=C(NCc1cnn(Cc2ccccc2)c1)N1CCC(NC(=O)OC(C)(C)C)C1.I. The van der Waals surface area contributed by atoms with E-state index in [1.807, 2.05) is 56.0 Å². The van der Waals surface area contributed by atoms with Crippen molar-refractivity contribution in [2.24, 2.45) is 4.99 Å². The van der Waals surface area contributed by atoms with Crippen molar-refractivity contribution in [3.8, 4) is 0 Å². The van der Waals surface area contributed by atoms with Gasteiger partial charge in [0.1, 0.15) is 5.60 Å². The first kappa shape index (κ1) is 25.0. The van der Waals surface area contributed by atoms with E-state index < -0.39 is 5.60 Å². The lowest BCUT2D eigenvalue weighted by Gasteiger charge is -2.23. The number of carbonyl (C=O) groups is 1. The number of aromatic nitrogens is 2. The molecule has 1 aromatic heterocycles. The van der Waals surface area contributed by atoms with E-state index in [-0.39, 0.29) is 36.1 Å². The van der Waals surface area contributed by atoms with Gasteiger partial charge < -0.3 is 20.3 Å². The first-order chi connectivity index (χ1) is 14.3. The Balaban J connectivity index is 0.00000341. The number of nitrogens with zero attached hydrogens (tertiary/aromatic N) is 4. The topological polar surface area (TPSA) is 83.8 Å². The van der Waals surface area contributed by atoms with Crippen LogP contribution in [0.4, 0.5) is 4.79 Å². The third-order valence-corrected chi connectivity index (χ3v) is 4.75. The van der Waals surface area contributed by atoms with Crippen LogP contribution < -0.4 is 10.6 Å². The fraction of sp³-hybridized carbons (Fsp3) is 0.500. The summed E-state index contributed by atoms with van der Waals surface area (Å²) in [6, 6.07) is 10.3. The Morgan fingerprint density at radius 1 is 1.26 bits per heavy atom. The van der Waals surface area contributed by atoms with Crippen LogP contribution in [0.15, 0.2) is 47.7 Å². The largest absolute Gasteiger partial charge is 0.444 e. The lowest BCUT2D eigenvalue weighted by atomic mass is 10.2. The maximum Gasteiger partial charge on any atom is 0.407 e. The predicted molar refractivity (Wildman–Crippen MR) is 133 cm³/mol. The molecule has 0 aliphatic carbocycles. The molecule has 170 valence electrons. The molecule has 1 atom stereocenters. The summed E-state index contributed by atoms with van der Waals surface area (Å²) < 4.78 is 7.28. The lowest BCUT2D eigenvalue weighted by molar-refractivity contribution is 0.0507. The van der Waals surface area contributed by atoms with Gasteiger partial charge in [0.05, 0.1) is 18.8 Å². The number of ether oxygens (including phenoxy) is 1. The predicted octanol–water partition coefficient (Wildman–Crippen LogP) is 3.22. The van der Waals surface area contributed by atoms with Crippen LogP contribution >= 0.6 is 24.0 Å². The molecule has 1 amide bonds. The van der Waals surface area contributed by atoms with E-state index in [1.54, 1.807) is 7.05 Å². The molecule has 1 unspecified atom stereocenters. The minimum Gasteiger partial charge on any atom is -0.444 e. The molecule has 1 aliphatic heterocycles. The zero-order valence-electron chi connectivity index (χ0n) is 18.7. The number of nitrogens with one attached hydrogen (secondary N) is 2. The van der Waals surface area contributed by atoms with E-state index in [9.17, 15) is 4.79 Å². The molecule has 0 bridgehead atoms. The summed E-state index contributed by atoms with van der Waals surface area (Å²) in [6.07, 6.45) is 4.40. The monoisotopic (exact) mass is 540 g/mol. The van der Waals surface area contributed by atoms with E-state index in [0.29, 0.717) is 13.1 Å². The smallest absolute Gasteiger partial charge is 0.407 e. The van der Waals surface area contributed by atoms with Crippen LogP contribution in [0, 0.1) is 0 Å². The number of amides is 1. The molecule has 2 N–H and O–H groups in total. The number of likely N-dealkylation sites (tertiary alicyclic amines) is 1. The van der Waals surface area contributed by atoms with Gasteiger partial charge in [-0.1, -0.05) is 30.3 Å². The van der Waals surface area contributed by atoms with Gasteiger partial charge in [0.2, 0.25) is 0 Å². The van der Waals surface area contributed by atoms with Gasteiger partial charge in [0.25, 0.3) is 0 Å². The Morgan fingerprint density at radius 3 is 2.68 bits per heavy atom. The average Bonchev–Trinajstić information content (AvgIpc) is 3.31. The van der Waals surface area contributed by atoms with Gasteiger partial charge in [-0.05, 0) is 32.8 Å². The number of hydrogen-bond acceptors (Lipinski definition) is 4. The first-order valence-corrected chi connectivity index (χ1v) is 10.3. The number of guanidine groups is 1. The lowest BCUT2D eigenvalue weighted by Crippen LogP contribution is -2.44. The van der Waals surface area contributed by atoms with Crippen molar-refractivity contribution in [3.63, 3.8) is 0 Å². The van der Waals surface area contributed by atoms with Gasteiger partial charge in [0, 0.05) is 38.4 Å². The van der Waals surface area contributed by atoms with Crippen molar-refractivity contribution in [3.05, 3.63) is 53.9 Å². The number of hydrogen-bond donors (Lipinski definition) is 2. The number of aliphatic imine (C=N–C) groups is 1. The number of halogens is 1. The fourth-order valence-corrected chi connectivity index (χ4v) is 3.41. The highest BCUT2D eigenvalue weighted by Gasteiger charge is 2.27. The van der Waals surface area contributed by atoms with E-state index in [2.05, 4.69) is 37.8 Å². The minimum absolute atomic E-state index is 0. The quantitative estimate of drug-likeness (QED) is 0.346. The van der Waals surface area contributed by atoms with Crippen LogP contribution in [0.25, 0.3) is 0 Å². The molecular weight excluding hydrogens is 507 g/mol. The molecule has 31 heavy (non-hydrogen) atoms. The molecule has 1 aromatic carbocycles. The molecule has 1 saturated heterocycles. The summed E-state index contributed by atoms with van der Waals surface area (Å²) in [7, 11) is 1.77. The van der Waals surface area contributed by atoms with Crippen molar-refractivity contribution in [1.82, 2.24) is 25.3 Å². The zero-order chi connectivity index (χ0) is 21.6. The van der Waals surface area contributed by atoms with Crippen LogP contribution in [0.5, 0.6) is 0 Å². The number of alkyl carbamates (subject to hydrolysis) is 1. The van der Waals surface area contributed by atoms with Crippen molar-refractivity contribution in [2.75, 3.05) is 20.1 Å². The van der Waals surface area contributed by atoms with Gasteiger partial charge >= 0.3 is 6.09 Å². The number of carbonyl (C=O) groups excluding carboxylic acids is 1. The molecule has 8 nitrogen and oxygen atoms in total. The molecule has 3 rings (SSSR count). The van der Waals surface area contributed by atoms with Gasteiger partial charge in [-0.25, -0.2) is 4.79 Å². The van der Waals surface area contributed by atoms with Crippen molar-refractivity contribution < 1.29 is 9.53 Å². The zero-order valence-corrected chi connectivity index (χ0v) is 21.0. The number of benzene rings is 1. The van der Waals surface area contributed by atoms with Crippen molar-refractivity contribution in [2.45, 2.75) is 51.9 Å². The normalized spacial score (nSPS) is 16.6. The maximum atomic E-state index is 12.0. The van der Waals surface area contributed by atoms with Gasteiger partial charge in [0.15, 0.2) is 5.96 Å². The van der Waals surface area contributed by atoms with Crippen LogP contribution in [0.3, 0.4) is 0 Å². The number of rotatable bonds is 5. The Kier molecular flexibility index (Phi) is 9.15. The molecule has 1 aliphatic rings. The summed E-state index contributed by atoms with van der Waals surface area (Å²) >= 11 is 0. The molecule has 1 fully saturated rings. The van der Waals surface area contributed by atoms with E-state index >= 15 is 0 Å². The highest BCUT2D eigenvalue weighted by molar-refractivity contribution is 14.0. The highest BCUT2D eigenvalue weighted by atomic mass is 127. The molecule has 0 spiro atoms. The Morgan fingerprint density at radius 2 is 2.00 bits per heavy atom. The van der Waals surface area contributed by atoms with Crippen LogP contribution in [-0.2, 0) is 17.8 Å². The van der Waals surface area contributed by atoms with Crippen molar-refractivity contribution in [1.29, 1.82) is 0 Å². The van der Waals surface area contributed by atoms with Gasteiger partial charge in [-0.3, -0.25) is 9.67 Å². The summed E-state index contributed by atoms with van der Waals surface area (Å²) in [5.41, 5.74) is 1.82. The maximum absolute atomic E-state index is 12.0. The Hall–Kier alpha value is -2.30. The average molecular weight is 540 g/mol.